The lowest BCUT2D eigenvalue weighted by Gasteiger charge is -2.36. The van der Waals surface area contributed by atoms with Gasteiger partial charge in [0.05, 0.1) is 27.2 Å². The first-order valence-electron chi connectivity index (χ1n) is 9.84. The largest absolute Gasteiger partial charge is 0.497 e. The van der Waals surface area contributed by atoms with Crippen LogP contribution in [0, 0.1) is 5.92 Å². The molecule has 1 aromatic carbocycles. The maximum atomic E-state index is 13.1. The number of rotatable bonds is 6. The Kier molecular flexibility index (Phi) is 6.44. The van der Waals surface area contributed by atoms with Crippen LogP contribution in [0.1, 0.15) is 18.4 Å². The molecule has 0 unspecified atom stereocenters. The Labute approximate surface area is 167 Å². The second-order valence-corrected chi connectivity index (χ2v) is 7.98. The third kappa shape index (κ3) is 4.58. The van der Waals surface area contributed by atoms with Gasteiger partial charge in [0.25, 0.3) is 0 Å². The Morgan fingerprint density at radius 1 is 1.11 bits per heavy atom. The molecule has 0 aliphatic carbocycles. The van der Waals surface area contributed by atoms with Crippen molar-refractivity contribution in [1.29, 1.82) is 0 Å². The van der Waals surface area contributed by atoms with Crippen LogP contribution in [0.3, 0.4) is 0 Å². The lowest BCUT2D eigenvalue weighted by atomic mass is 9.94. The molecule has 3 fully saturated rings. The smallest absolute Gasteiger partial charge is 0.236 e. The second-order valence-electron chi connectivity index (χ2n) is 7.98. The molecule has 3 aliphatic rings. The molecule has 3 heterocycles. The lowest BCUT2D eigenvalue weighted by molar-refractivity contribution is -0.134. The van der Waals surface area contributed by atoms with Crippen LogP contribution in [0.4, 0.5) is 0 Å². The zero-order chi connectivity index (χ0) is 20.3. The van der Waals surface area contributed by atoms with Crippen LogP contribution in [0.2, 0.25) is 0 Å². The number of piperidine rings is 1. The van der Waals surface area contributed by atoms with Gasteiger partial charge in [0, 0.05) is 51.4 Å². The number of amides is 2. The molecule has 3 saturated heterocycles. The molecule has 2 bridgehead atoms. The topological polar surface area (TPSA) is 62.3 Å². The van der Waals surface area contributed by atoms with Crippen molar-refractivity contribution in [1.82, 2.24) is 14.7 Å². The van der Waals surface area contributed by atoms with Gasteiger partial charge in [0.1, 0.15) is 11.5 Å². The van der Waals surface area contributed by atoms with Crippen molar-refractivity contribution in [3.63, 3.8) is 0 Å². The number of fused-ring (bicyclic) bond motifs is 4. The van der Waals surface area contributed by atoms with Crippen molar-refractivity contribution in [2.75, 3.05) is 54.5 Å². The fraction of sp³-hybridized carbons (Fsp3) is 0.619. The van der Waals surface area contributed by atoms with Gasteiger partial charge >= 0.3 is 0 Å². The normalized spacial score (nSPS) is 21.9. The molecule has 2 amide bonds. The quantitative estimate of drug-likeness (QED) is 0.733. The van der Waals surface area contributed by atoms with Crippen molar-refractivity contribution in [2.24, 2.45) is 5.92 Å². The standard InChI is InChI=1S/C21H31N3O4/c1-22(2)21(26)14-23-11-15-5-7-17(13-23)24(12-15)20(25)9-16-6-8-18(27-3)10-19(16)28-4/h6,8,10,15,17H,5,7,9,11-14H2,1-4H3/t15-,17+/m0/s1. The minimum absolute atomic E-state index is 0.113. The van der Waals surface area contributed by atoms with Gasteiger partial charge in [-0.25, -0.2) is 0 Å². The number of hydrogen-bond acceptors (Lipinski definition) is 5. The zero-order valence-electron chi connectivity index (χ0n) is 17.3. The molecule has 28 heavy (non-hydrogen) atoms. The van der Waals surface area contributed by atoms with E-state index in [1.807, 2.05) is 23.1 Å². The summed E-state index contributed by atoms with van der Waals surface area (Å²) < 4.78 is 10.7. The minimum atomic E-state index is 0.113. The van der Waals surface area contributed by atoms with Crippen LogP contribution in [-0.4, -0.2) is 87.0 Å². The van der Waals surface area contributed by atoms with Gasteiger partial charge in [0.2, 0.25) is 11.8 Å². The van der Waals surface area contributed by atoms with Crippen molar-refractivity contribution >= 4 is 11.8 Å². The lowest BCUT2D eigenvalue weighted by Crippen LogP contribution is -2.48. The van der Waals surface area contributed by atoms with Gasteiger partial charge in [-0.15, -0.1) is 0 Å². The van der Waals surface area contributed by atoms with E-state index in [0.29, 0.717) is 30.4 Å². The average Bonchev–Trinajstić information content (AvgIpc) is 2.98. The average molecular weight is 389 g/mol. The molecule has 1 aromatic rings. The molecule has 7 heteroatoms. The number of hydrogen-bond donors (Lipinski definition) is 0. The van der Waals surface area contributed by atoms with Crippen molar-refractivity contribution in [3.05, 3.63) is 23.8 Å². The van der Waals surface area contributed by atoms with E-state index in [1.165, 1.54) is 0 Å². The Balaban J connectivity index is 1.69. The number of ether oxygens (including phenoxy) is 2. The van der Waals surface area contributed by atoms with Gasteiger partial charge < -0.3 is 19.3 Å². The Hall–Kier alpha value is -2.28. The van der Waals surface area contributed by atoms with Gasteiger partial charge in [-0.3, -0.25) is 14.5 Å². The minimum Gasteiger partial charge on any atom is -0.497 e. The Bertz CT molecular complexity index is 722. The third-order valence-corrected chi connectivity index (χ3v) is 5.80. The van der Waals surface area contributed by atoms with E-state index in [1.54, 1.807) is 33.2 Å². The highest BCUT2D eigenvalue weighted by atomic mass is 16.5. The first-order chi connectivity index (χ1) is 13.4. The summed E-state index contributed by atoms with van der Waals surface area (Å²) in [5.41, 5.74) is 0.869. The van der Waals surface area contributed by atoms with Crippen LogP contribution in [0.5, 0.6) is 11.5 Å². The van der Waals surface area contributed by atoms with E-state index in [2.05, 4.69) is 4.90 Å². The molecular formula is C21H31N3O4. The number of carbonyl (C=O) groups is 2. The van der Waals surface area contributed by atoms with E-state index in [9.17, 15) is 9.59 Å². The van der Waals surface area contributed by atoms with E-state index < -0.39 is 0 Å². The molecule has 0 aromatic heterocycles. The van der Waals surface area contributed by atoms with E-state index >= 15 is 0 Å². The molecule has 0 spiro atoms. The Morgan fingerprint density at radius 3 is 2.57 bits per heavy atom. The van der Waals surface area contributed by atoms with E-state index in [0.717, 1.165) is 38.0 Å². The summed E-state index contributed by atoms with van der Waals surface area (Å²) in [7, 11) is 6.79. The molecule has 7 nitrogen and oxygen atoms in total. The van der Waals surface area contributed by atoms with Crippen LogP contribution < -0.4 is 9.47 Å². The maximum Gasteiger partial charge on any atom is 0.236 e. The molecule has 0 radical (unpaired) electrons. The third-order valence-electron chi connectivity index (χ3n) is 5.80. The van der Waals surface area contributed by atoms with Crippen LogP contribution in [0.15, 0.2) is 18.2 Å². The number of carbonyl (C=O) groups excluding carboxylic acids is 2. The van der Waals surface area contributed by atoms with Crippen molar-refractivity contribution in [2.45, 2.75) is 25.3 Å². The molecule has 4 rings (SSSR count). The molecule has 2 atom stereocenters. The number of methoxy groups -OCH3 is 2. The summed E-state index contributed by atoms with van der Waals surface area (Å²) in [4.78, 5) is 31.1. The molecule has 3 aliphatic heterocycles. The van der Waals surface area contributed by atoms with E-state index in [4.69, 9.17) is 9.47 Å². The highest BCUT2D eigenvalue weighted by molar-refractivity contribution is 5.80. The SMILES string of the molecule is COc1ccc(CC(=O)N2C[C@H]3CC[C@@H]2CN(CC(=O)N(C)C)C3)c(OC)c1. The van der Waals surface area contributed by atoms with Gasteiger partial charge in [-0.1, -0.05) is 6.07 Å². The van der Waals surface area contributed by atoms with Crippen molar-refractivity contribution in [3.8, 4) is 11.5 Å². The first kappa shape index (κ1) is 20.5. The summed E-state index contributed by atoms with van der Waals surface area (Å²) in [6.07, 6.45) is 2.43. The van der Waals surface area contributed by atoms with Crippen molar-refractivity contribution < 1.29 is 19.1 Å². The van der Waals surface area contributed by atoms with Crippen LogP contribution in [-0.2, 0) is 16.0 Å². The predicted molar refractivity (Wildman–Crippen MR) is 107 cm³/mol. The number of likely N-dealkylation sites (N-methyl/N-ethyl adjacent to an activating group) is 1. The summed E-state index contributed by atoms with van der Waals surface area (Å²) in [5, 5.41) is 0. The fourth-order valence-corrected chi connectivity index (χ4v) is 4.21. The highest BCUT2D eigenvalue weighted by Gasteiger charge is 2.37. The molecule has 154 valence electrons. The number of benzene rings is 1. The zero-order valence-corrected chi connectivity index (χ0v) is 17.3. The number of nitrogens with zero attached hydrogens (tertiary/aromatic N) is 3. The summed E-state index contributed by atoms with van der Waals surface area (Å²) in [6, 6.07) is 5.73. The molecular weight excluding hydrogens is 358 g/mol. The van der Waals surface area contributed by atoms with Crippen LogP contribution in [0.25, 0.3) is 0 Å². The molecule has 0 N–H and O–H groups in total. The van der Waals surface area contributed by atoms with Gasteiger partial charge in [-0.2, -0.15) is 0 Å². The second kappa shape index (κ2) is 8.82. The maximum absolute atomic E-state index is 13.1. The molecule has 0 saturated carbocycles. The monoisotopic (exact) mass is 389 g/mol. The summed E-state index contributed by atoms with van der Waals surface area (Å²) in [6.45, 7) is 2.84. The highest BCUT2D eigenvalue weighted by Crippen LogP contribution is 2.30. The van der Waals surface area contributed by atoms with E-state index in [-0.39, 0.29) is 17.9 Å². The predicted octanol–water partition coefficient (Wildman–Crippen LogP) is 1.26. The summed E-state index contributed by atoms with van der Waals surface area (Å²) >= 11 is 0. The first-order valence-corrected chi connectivity index (χ1v) is 9.84. The van der Waals surface area contributed by atoms with Gasteiger partial charge in [0.15, 0.2) is 0 Å². The van der Waals surface area contributed by atoms with Gasteiger partial charge in [-0.05, 0) is 24.8 Å². The van der Waals surface area contributed by atoms with Crippen LogP contribution >= 0.6 is 0 Å². The summed E-state index contributed by atoms with van der Waals surface area (Å²) in [5.74, 6) is 2.05. The Morgan fingerprint density at radius 2 is 1.89 bits per heavy atom. The fourth-order valence-electron chi connectivity index (χ4n) is 4.21.